The van der Waals surface area contributed by atoms with Crippen LogP contribution in [0.15, 0.2) is 139 Å². The molecule has 31 heteroatoms. The number of aromatic nitrogens is 2. The van der Waals surface area contributed by atoms with Crippen molar-refractivity contribution in [3.8, 4) is 0 Å². The van der Waals surface area contributed by atoms with Crippen LogP contribution in [0.2, 0.25) is 30.4 Å². The standard InChI is InChI=1S/C21H23BCl2N2O3.C14H19BClNO2.C10H9BrClNO.C10H10BrNO.C8H7BrClN.C8H8BrN.C7H6ClNO2.Li.H2O/c1-20(2)21(3,4)29-22(28-20)15-10-13-7-9-26(18(13)16(23)12-15)17(27)11-14-6-5-8-25-19(14)24;1-13(2)14(3,4)19-15(18-13)10-7-9-5-6-17-12(9)11(16)8-10;1-6(14)13-3-2-7-4-8(11)5-9(12)10(7)13;1-7(13)12-5-4-8-6-9(11)2-3-10(8)12;9-6-3-5-1-2-11-8(5)7(10)4-6;9-7-1-2-8-6(5-7)3-4-10-8;8-7-5(4-6(10)11)2-1-3-9-7;;/h5-6,8,10,12H,7,9,11H2,1-4H3;7-8,17H,5-6H2,1-4H3;4-5H,2-3H2,1H3;2-3,6H,4-5H2,1H3;3-4,11H,1-2H2;1-2,5,10H,3-4H2;1-3H,4H2,(H,10,11);;1H2/q;;;;;;;+1;/p-1. The minimum Gasteiger partial charge on any atom is -0.870 e. The van der Waals surface area contributed by atoms with E-state index in [1.54, 1.807) is 48.0 Å². The molecule has 8 aliphatic rings. The van der Waals surface area contributed by atoms with Crippen LogP contribution in [0.1, 0.15) is 114 Å². The van der Waals surface area contributed by atoms with Gasteiger partial charge in [0.1, 0.15) is 10.3 Å². The molecule has 0 radical (unpaired) electrons. The Balaban J connectivity index is 0.000000165. The Hall–Kier alpha value is -4.91. The molecule has 2 saturated heterocycles. The number of hydrogen-bond acceptors (Lipinski definition) is 14. The van der Waals surface area contributed by atoms with Gasteiger partial charge in [-0.3, -0.25) is 19.2 Å². The number of carboxylic acids is 1. The smallest absolute Gasteiger partial charge is 0.870 e. The molecule has 8 aromatic rings. The number of halogens is 10. The zero-order valence-electron chi connectivity index (χ0n) is 62.3. The summed E-state index contributed by atoms with van der Waals surface area (Å²) in [5.74, 6) is -0.780. The topological polar surface area (TPSA) is 227 Å². The molecule has 0 atom stereocenters. The average molecular weight is 1850 g/mol. The van der Waals surface area contributed by atoms with Gasteiger partial charge in [-0.1, -0.05) is 158 Å². The Morgan fingerprint density at radius 1 is 0.468 bits per heavy atom. The van der Waals surface area contributed by atoms with Gasteiger partial charge in [0.05, 0.1) is 78.1 Å². The van der Waals surface area contributed by atoms with Gasteiger partial charge >= 0.3 is 39.1 Å². The Morgan fingerprint density at radius 2 is 0.862 bits per heavy atom. The predicted octanol–water partition coefficient (Wildman–Crippen LogP) is 15.5. The molecule has 2 aromatic heterocycles. The summed E-state index contributed by atoms with van der Waals surface area (Å²) in [5.41, 5.74) is 15.2. The predicted molar refractivity (Wildman–Crippen MR) is 452 cm³/mol. The minimum absolute atomic E-state index is 0. The molecule has 3 amide bonds. The van der Waals surface area contributed by atoms with E-state index in [1.807, 2.05) is 87.2 Å². The Labute approximate surface area is 714 Å². The Morgan fingerprint density at radius 3 is 1.39 bits per heavy atom. The molecule has 0 bridgehead atoms. The number of nitrogens with one attached hydrogen (secondary N) is 3. The molecule has 18 nitrogen and oxygen atoms in total. The van der Waals surface area contributed by atoms with Crippen LogP contribution in [-0.4, -0.2) is 120 Å². The molecule has 0 unspecified atom stereocenters. The third kappa shape index (κ3) is 22.1. The zero-order valence-corrected chi connectivity index (χ0v) is 73.2. The molecular weight excluding hydrogens is 1770 g/mol. The number of carbonyl (C=O) groups excluding carboxylic acids is 3. The van der Waals surface area contributed by atoms with Crippen molar-refractivity contribution in [1.82, 2.24) is 9.97 Å². The number of amides is 3. The number of hydrogen-bond donors (Lipinski definition) is 4. The normalized spacial score (nSPS) is 16.6. The van der Waals surface area contributed by atoms with Crippen LogP contribution in [0, 0.1) is 0 Å². The SMILES string of the molecule is Brc1ccc2c(c1)CCN2.CC(=O)N1CCc2cc(Br)cc(Cl)c21.CC(=O)N1CCc2cc(Br)ccc21.CC1(C)OB(c2cc(Cl)c3c(c2)CCN3)OC1(C)C.CC1(C)OB(c2cc(Cl)c3c(c2)CCN3C(=O)Cc2cccnc2Cl)OC1(C)C.Clc1cc(Br)cc2c1NCC2.O=C(O)Cc1cccnc1Cl.[Li+].[OH-]. The van der Waals surface area contributed by atoms with E-state index in [1.165, 1.54) is 38.6 Å². The number of pyridine rings is 2. The number of anilines is 6. The van der Waals surface area contributed by atoms with Gasteiger partial charge in [0.2, 0.25) is 17.7 Å². The summed E-state index contributed by atoms with van der Waals surface area (Å²) >= 11 is 50.4. The average Bonchev–Trinajstić information content (AvgIpc) is 1.62. The quantitative estimate of drug-likeness (QED) is 0.0897. The minimum atomic E-state index is -0.903. The van der Waals surface area contributed by atoms with E-state index in [0.29, 0.717) is 32.9 Å². The number of benzene rings is 6. The summed E-state index contributed by atoms with van der Waals surface area (Å²) in [6.07, 6.45) is 9.06. The van der Waals surface area contributed by atoms with E-state index < -0.39 is 24.3 Å². The van der Waals surface area contributed by atoms with Gasteiger partial charge in [-0.15, -0.1) is 0 Å². The van der Waals surface area contributed by atoms with Crippen LogP contribution < -0.4 is 60.4 Å². The zero-order chi connectivity index (χ0) is 77.6. The molecule has 5 N–H and O–H groups in total. The maximum absolute atomic E-state index is 12.9. The summed E-state index contributed by atoms with van der Waals surface area (Å²) < 4.78 is 28.7. The van der Waals surface area contributed by atoms with Gasteiger partial charge < -0.3 is 59.9 Å². The van der Waals surface area contributed by atoms with Crippen molar-refractivity contribution in [3.63, 3.8) is 0 Å². The van der Waals surface area contributed by atoms with Crippen LogP contribution in [0.5, 0.6) is 0 Å². The molecule has 0 aliphatic carbocycles. The second-order valence-corrected chi connectivity index (χ2v) is 34.4. The van der Waals surface area contributed by atoms with Crippen molar-refractivity contribution in [3.05, 3.63) is 214 Å². The van der Waals surface area contributed by atoms with Crippen LogP contribution in [-0.2, 0) is 89.2 Å². The first-order chi connectivity index (χ1) is 50.5. The second-order valence-electron chi connectivity index (χ2n) is 28.4. The van der Waals surface area contributed by atoms with Crippen LogP contribution >= 0.6 is 133 Å². The Kier molecular flexibility index (Phi) is 31.6. The van der Waals surface area contributed by atoms with Gasteiger partial charge in [0.15, 0.2) is 0 Å². The van der Waals surface area contributed by atoms with Gasteiger partial charge in [0, 0.05) is 100 Å². The fourth-order valence-electron chi connectivity index (χ4n) is 13.0. The number of aliphatic carboxylic acids is 1. The molecule has 16 rings (SSSR count). The maximum atomic E-state index is 12.9. The molecule has 6 aromatic carbocycles. The molecular formula is C78H83B2Br4Cl6LiN8O10. The fourth-order valence-corrected chi connectivity index (χ4v) is 16.8. The van der Waals surface area contributed by atoms with Gasteiger partial charge in [-0.05, 0) is 229 Å². The van der Waals surface area contributed by atoms with Crippen molar-refractivity contribution in [2.45, 2.75) is 143 Å². The summed E-state index contributed by atoms with van der Waals surface area (Å²) in [6, 6.07) is 35.1. The van der Waals surface area contributed by atoms with Gasteiger partial charge in [-0.25, -0.2) is 9.97 Å². The third-order valence-electron chi connectivity index (χ3n) is 19.9. The van der Waals surface area contributed by atoms with Gasteiger partial charge in [0.25, 0.3) is 0 Å². The fraction of sp³-hybridized carbons (Fsp3) is 0.359. The van der Waals surface area contributed by atoms with E-state index in [-0.39, 0.29) is 78.4 Å². The second kappa shape index (κ2) is 38.5. The van der Waals surface area contributed by atoms with E-state index in [9.17, 15) is 19.2 Å². The van der Waals surface area contributed by atoms with Crippen molar-refractivity contribution in [2.75, 3.05) is 69.9 Å². The summed E-state index contributed by atoms with van der Waals surface area (Å²) in [6.45, 7) is 24.7. The van der Waals surface area contributed by atoms with Crippen molar-refractivity contribution >= 4 is 216 Å². The van der Waals surface area contributed by atoms with Crippen molar-refractivity contribution < 1.29 is 67.2 Å². The molecule has 2 fully saturated rings. The van der Waals surface area contributed by atoms with Crippen LogP contribution in [0.25, 0.3) is 0 Å². The first-order valence-corrected chi connectivity index (χ1v) is 40.3. The number of nitrogens with zero attached hydrogens (tertiary/aromatic N) is 5. The van der Waals surface area contributed by atoms with E-state index in [4.69, 9.17) is 93.3 Å². The summed E-state index contributed by atoms with van der Waals surface area (Å²) in [4.78, 5) is 58.7. The number of carboxylic acid groups (broad SMARTS) is 1. The monoisotopic (exact) mass is 1850 g/mol. The Bertz CT molecular complexity index is 4660. The first kappa shape index (κ1) is 89.6. The van der Waals surface area contributed by atoms with Crippen molar-refractivity contribution in [1.29, 1.82) is 0 Å². The molecule has 0 saturated carbocycles. The molecule has 572 valence electrons. The summed E-state index contributed by atoms with van der Waals surface area (Å²) in [7, 11) is -0.824. The first-order valence-electron chi connectivity index (χ1n) is 34.9. The largest absolute Gasteiger partial charge is 1.00 e. The summed E-state index contributed by atoms with van der Waals surface area (Å²) in [5, 5.41) is 21.6. The molecule has 8 aliphatic heterocycles. The third-order valence-corrected chi connectivity index (χ3v) is 23.7. The van der Waals surface area contributed by atoms with E-state index >= 15 is 0 Å². The van der Waals surface area contributed by atoms with Crippen LogP contribution in [0.4, 0.5) is 34.1 Å². The van der Waals surface area contributed by atoms with Gasteiger partial charge in [-0.2, -0.15) is 0 Å². The van der Waals surface area contributed by atoms with Crippen molar-refractivity contribution in [2.24, 2.45) is 0 Å². The molecule has 0 spiro atoms. The molecule has 10 heterocycles. The van der Waals surface area contributed by atoms with Crippen LogP contribution in [0.3, 0.4) is 0 Å². The maximum Gasteiger partial charge on any atom is 1.00 e. The molecule has 109 heavy (non-hydrogen) atoms. The number of fused-ring (bicyclic) bond motifs is 6. The number of rotatable bonds is 6. The number of carbonyl (C=O) groups is 4. The van der Waals surface area contributed by atoms with E-state index in [2.05, 4.69) is 154 Å². The van der Waals surface area contributed by atoms with E-state index in [0.717, 1.165) is 145 Å².